The molecule has 114 valence electrons. The number of methoxy groups -OCH3 is 1. The number of carbonyl (C=O) groups is 1. The molecule has 0 saturated carbocycles. The molecule has 1 heterocycles. The third kappa shape index (κ3) is 4.61. The Balaban J connectivity index is 2.70. The molecular weight excluding hydrogens is 258 g/mol. The summed E-state index contributed by atoms with van der Waals surface area (Å²) in [7, 11) is 1.51. The number of rotatable bonds is 8. The fourth-order valence-electron chi connectivity index (χ4n) is 2.03. The van der Waals surface area contributed by atoms with Gasteiger partial charge in [-0.3, -0.25) is 9.48 Å². The Morgan fingerprint density at radius 2 is 2.25 bits per heavy atom. The molecule has 1 aromatic heterocycles. The molecule has 0 saturated heterocycles. The van der Waals surface area contributed by atoms with E-state index in [1.165, 1.54) is 7.11 Å². The van der Waals surface area contributed by atoms with Crippen LogP contribution in [0.2, 0.25) is 0 Å². The van der Waals surface area contributed by atoms with E-state index in [0.717, 1.165) is 18.7 Å². The number of aliphatic hydroxyl groups is 1. The Labute approximate surface area is 120 Å². The molecule has 2 N–H and O–H groups in total. The fourth-order valence-corrected chi connectivity index (χ4v) is 2.03. The van der Waals surface area contributed by atoms with Crippen molar-refractivity contribution in [2.24, 2.45) is 5.92 Å². The molecule has 1 unspecified atom stereocenters. The van der Waals surface area contributed by atoms with E-state index in [1.807, 2.05) is 11.6 Å². The zero-order chi connectivity index (χ0) is 15.1. The summed E-state index contributed by atoms with van der Waals surface area (Å²) in [6, 6.07) is 0. The third-order valence-electron chi connectivity index (χ3n) is 2.92. The number of nitrogens with zero attached hydrogens (tertiary/aromatic N) is 2. The summed E-state index contributed by atoms with van der Waals surface area (Å²) in [4.78, 5) is 12.1. The van der Waals surface area contributed by atoms with Crippen molar-refractivity contribution in [3.05, 3.63) is 17.5 Å². The molecule has 1 atom stereocenters. The monoisotopic (exact) mass is 283 g/mol. The molecule has 20 heavy (non-hydrogen) atoms. The second-order valence-electron chi connectivity index (χ2n) is 5.25. The van der Waals surface area contributed by atoms with E-state index in [9.17, 15) is 9.90 Å². The Kier molecular flexibility index (Phi) is 6.67. The summed E-state index contributed by atoms with van der Waals surface area (Å²) in [5.74, 6) is 0.270. The van der Waals surface area contributed by atoms with E-state index in [0.29, 0.717) is 11.5 Å². The molecule has 0 bridgehead atoms. The smallest absolute Gasteiger partial charge is 0.254 e. The van der Waals surface area contributed by atoms with Crippen LogP contribution in [-0.2, 0) is 17.7 Å². The van der Waals surface area contributed by atoms with Gasteiger partial charge in [-0.15, -0.1) is 0 Å². The Morgan fingerprint density at radius 1 is 1.55 bits per heavy atom. The van der Waals surface area contributed by atoms with E-state index < -0.39 is 6.10 Å². The maximum atomic E-state index is 12.1. The molecule has 1 rings (SSSR count). The van der Waals surface area contributed by atoms with Gasteiger partial charge in [0.05, 0.1) is 30.2 Å². The topological polar surface area (TPSA) is 76.4 Å². The Bertz CT molecular complexity index is 429. The Morgan fingerprint density at radius 3 is 2.80 bits per heavy atom. The molecule has 6 heteroatoms. The first-order valence-electron chi connectivity index (χ1n) is 6.99. The van der Waals surface area contributed by atoms with E-state index in [-0.39, 0.29) is 19.1 Å². The van der Waals surface area contributed by atoms with Gasteiger partial charge in [0.15, 0.2) is 0 Å². The fraction of sp³-hybridized carbons (Fsp3) is 0.714. The van der Waals surface area contributed by atoms with E-state index in [1.54, 1.807) is 6.20 Å². The van der Waals surface area contributed by atoms with Crippen molar-refractivity contribution >= 4 is 5.91 Å². The zero-order valence-corrected chi connectivity index (χ0v) is 12.7. The van der Waals surface area contributed by atoms with Crippen LogP contribution in [0.3, 0.4) is 0 Å². The van der Waals surface area contributed by atoms with Crippen molar-refractivity contribution in [1.29, 1.82) is 0 Å². The van der Waals surface area contributed by atoms with Crippen LogP contribution in [0, 0.1) is 5.92 Å². The molecule has 1 aromatic rings. The molecular formula is C14H25N3O3. The summed E-state index contributed by atoms with van der Waals surface area (Å²) in [6.07, 6.45) is 1.65. The highest BCUT2D eigenvalue weighted by Gasteiger charge is 2.17. The lowest BCUT2D eigenvalue weighted by atomic mass is 10.1. The third-order valence-corrected chi connectivity index (χ3v) is 2.92. The molecule has 0 spiro atoms. The van der Waals surface area contributed by atoms with Gasteiger partial charge in [0, 0.05) is 20.2 Å². The van der Waals surface area contributed by atoms with Gasteiger partial charge in [-0.2, -0.15) is 5.10 Å². The van der Waals surface area contributed by atoms with Crippen molar-refractivity contribution in [1.82, 2.24) is 15.1 Å². The normalized spacial score (nSPS) is 12.7. The van der Waals surface area contributed by atoms with Crippen molar-refractivity contribution in [2.75, 3.05) is 20.3 Å². The van der Waals surface area contributed by atoms with E-state index >= 15 is 0 Å². The van der Waals surface area contributed by atoms with Crippen LogP contribution in [0.25, 0.3) is 0 Å². The van der Waals surface area contributed by atoms with Crippen molar-refractivity contribution in [2.45, 2.75) is 39.8 Å². The predicted molar refractivity (Wildman–Crippen MR) is 76.7 cm³/mol. The summed E-state index contributed by atoms with van der Waals surface area (Å²) in [5.41, 5.74) is 1.51. The molecule has 6 nitrogen and oxygen atoms in total. The standard InChI is InChI=1S/C14H25N3O3/c1-5-13-12(7-16-17(13)8-10(2)3)14(19)15-6-11(18)9-20-4/h7,10-11,18H,5-6,8-9H2,1-4H3,(H,15,19). The molecule has 0 aliphatic heterocycles. The quantitative estimate of drug-likeness (QED) is 0.741. The number of hydrogen-bond acceptors (Lipinski definition) is 4. The van der Waals surface area contributed by atoms with Crippen molar-refractivity contribution < 1.29 is 14.6 Å². The first kappa shape index (κ1) is 16.7. The molecule has 0 fully saturated rings. The van der Waals surface area contributed by atoms with Gasteiger partial charge in [-0.1, -0.05) is 20.8 Å². The second kappa shape index (κ2) is 8.01. The van der Waals surface area contributed by atoms with Crippen LogP contribution in [0.15, 0.2) is 6.20 Å². The number of nitrogens with one attached hydrogen (secondary N) is 1. The minimum atomic E-state index is -0.695. The van der Waals surface area contributed by atoms with Crippen LogP contribution in [0.4, 0.5) is 0 Å². The molecule has 0 radical (unpaired) electrons. The molecule has 0 aromatic carbocycles. The van der Waals surface area contributed by atoms with E-state index in [4.69, 9.17) is 4.74 Å². The van der Waals surface area contributed by atoms with Gasteiger partial charge in [-0.25, -0.2) is 0 Å². The number of aromatic nitrogens is 2. The number of aliphatic hydroxyl groups excluding tert-OH is 1. The number of ether oxygens (including phenoxy) is 1. The number of carbonyl (C=O) groups excluding carboxylic acids is 1. The van der Waals surface area contributed by atoms with Crippen molar-refractivity contribution in [3.8, 4) is 0 Å². The number of hydrogen-bond donors (Lipinski definition) is 2. The van der Waals surface area contributed by atoms with Gasteiger partial charge in [0.2, 0.25) is 0 Å². The van der Waals surface area contributed by atoms with Gasteiger partial charge >= 0.3 is 0 Å². The lowest BCUT2D eigenvalue weighted by Crippen LogP contribution is -2.34. The zero-order valence-electron chi connectivity index (χ0n) is 12.7. The van der Waals surface area contributed by atoms with Gasteiger partial charge in [-0.05, 0) is 12.3 Å². The second-order valence-corrected chi connectivity index (χ2v) is 5.25. The average Bonchev–Trinajstić information content (AvgIpc) is 2.78. The predicted octanol–water partition coefficient (Wildman–Crippen LogP) is 0.839. The van der Waals surface area contributed by atoms with Crippen LogP contribution in [0.1, 0.15) is 36.8 Å². The minimum absolute atomic E-state index is 0.172. The van der Waals surface area contributed by atoms with Crippen molar-refractivity contribution in [3.63, 3.8) is 0 Å². The Hall–Kier alpha value is -1.40. The summed E-state index contributed by atoms with van der Waals surface area (Å²) in [5, 5.41) is 16.5. The maximum Gasteiger partial charge on any atom is 0.254 e. The highest BCUT2D eigenvalue weighted by molar-refractivity contribution is 5.95. The molecule has 0 aliphatic carbocycles. The van der Waals surface area contributed by atoms with Crippen LogP contribution in [-0.4, -0.2) is 47.2 Å². The number of amides is 1. The van der Waals surface area contributed by atoms with Crippen LogP contribution >= 0.6 is 0 Å². The first-order chi connectivity index (χ1) is 9.49. The highest BCUT2D eigenvalue weighted by atomic mass is 16.5. The van der Waals surface area contributed by atoms with Gasteiger partial charge in [0.25, 0.3) is 5.91 Å². The summed E-state index contributed by atoms with van der Waals surface area (Å²) >= 11 is 0. The largest absolute Gasteiger partial charge is 0.389 e. The first-order valence-corrected chi connectivity index (χ1v) is 6.99. The van der Waals surface area contributed by atoms with Crippen LogP contribution < -0.4 is 5.32 Å². The van der Waals surface area contributed by atoms with Gasteiger partial charge in [0.1, 0.15) is 0 Å². The summed E-state index contributed by atoms with van der Waals surface area (Å²) < 4.78 is 6.70. The minimum Gasteiger partial charge on any atom is -0.389 e. The van der Waals surface area contributed by atoms with Crippen LogP contribution in [0.5, 0.6) is 0 Å². The lowest BCUT2D eigenvalue weighted by Gasteiger charge is -2.12. The summed E-state index contributed by atoms with van der Waals surface area (Å²) in [6.45, 7) is 7.40. The molecule has 1 amide bonds. The SMILES string of the molecule is CCc1c(C(=O)NCC(O)COC)cnn1CC(C)C. The van der Waals surface area contributed by atoms with E-state index in [2.05, 4.69) is 24.3 Å². The van der Waals surface area contributed by atoms with Gasteiger partial charge < -0.3 is 15.2 Å². The highest BCUT2D eigenvalue weighted by Crippen LogP contribution is 2.11. The maximum absolute atomic E-state index is 12.1. The molecule has 0 aliphatic rings. The average molecular weight is 283 g/mol. The lowest BCUT2D eigenvalue weighted by molar-refractivity contribution is 0.0609.